The molecule has 2 amide bonds. The van der Waals surface area contributed by atoms with E-state index in [0.717, 1.165) is 36.2 Å². The third-order valence-electron chi connectivity index (χ3n) is 4.02. The minimum absolute atomic E-state index is 0.0500. The molecule has 3 N–H and O–H groups in total. The van der Waals surface area contributed by atoms with Crippen molar-refractivity contribution in [1.82, 2.24) is 16.0 Å². The molecule has 25 heavy (non-hydrogen) atoms. The van der Waals surface area contributed by atoms with Gasteiger partial charge < -0.3 is 16.0 Å². The van der Waals surface area contributed by atoms with E-state index in [9.17, 15) is 9.59 Å². The Balaban J connectivity index is 2.10. The van der Waals surface area contributed by atoms with Gasteiger partial charge in [0, 0.05) is 20.0 Å². The lowest BCUT2D eigenvalue weighted by atomic mass is 10.0. The van der Waals surface area contributed by atoms with E-state index in [1.165, 1.54) is 7.05 Å². The first-order chi connectivity index (χ1) is 12.2. The van der Waals surface area contributed by atoms with E-state index in [0.29, 0.717) is 18.7 Å². The number of likely N-dealkylation sites (N-methyl/N-ethyl adjacent to an activating group) is 1. The van der Waals surface area contributed by atoms with Crippen LogP contribution >= 0.6 is 0 Å². The van der Waals surface area contributed by atoms with Gasteiger partial charge in [0.2, 0.25) is 5.91 Å². The molecule has 0 unspecified atom stereocenters. The molecule has 0 saturated carbocycles. The molecule has 0 saturated heterocycles. The second-order valence-electron chi connectivity index (χ2n) is 5.94. The molecule has 6 nitrogen and oxygen atoms in total. The Labute approximate surface area is 148 Å². The van der Waals surface area contributed by atoms with Crippen LogP contribution in [0.5, 0.6) is 0 Å². The summed E-state index contributed by atoms with van der Waals surface area (Å²) >= 11 is 0. The number of nitrogens with zero attached hydrogens (tertiary/aromatic N) is 1. The Hall–Kier alpha value is -2.47. The van der Waals surface area contributed by atoms with Gasteiger partial charge >= 0.3 is 0 Å². The molecule has 6 heteroatoms. The minimum Gasteiger partial charge on any atom is -0.358 e. The molecular formula is C19H26N4O2. The first-order valence-electron chi connectivity index (χ1n) is 8.70. The number of carbonyl (C=O) groups is 2. The lowest BCUT2D eigenvalue weighted by Crippen LogP contribution is -2.36. The Morgan fingerprint density at radius 1 is 1.20 bits per heavy atom. The molecule has 2 rings (SSSR count). The van der Waals surface area contributed by atoms with E-state index < -0.39 is 0 Å². The van der Waals surface area contributed by atoms with Gasteiger partial charge in [-0.3, -0.25) is 9.59 Å². The zero-order chi connectivity index (χ0) is 18.1. The van der Waals surface area contributed by atoms with Crippen molar-refractivity contribution in [3.8, 4) is 0 Å². The van der Waals surface area contributed by atoms with Crippen molar-refractivity contribution >= 4 is 17.5 Å². The van der Waals surface area contributed by atoms with Gasteiger partial charge in [-0.1, -0.05) is 43.7 Å². The largest absolute Gasteiger partial charge is 0.358 e. The number of benzene rings is 1. The first-order valence-corrected chi connectivity index (χ1v) is 8.70. The molecule has 0 bridgehead atoms. The lowest BCUT2D eigenvalue weighted by molar-refractivity contribution is -0.124. The Kier molecular flexibility index (Phi) is 7.35. The standard InChI is InChI=1S/C19H26N4O2/c1-3-4-10-21-12-15-11-16(14-8-6-5-7-9-14)23-18(15)19(25)22-13-17(24)20-2/h5-9,21H,3-4,10-13H2,1-2H3,(H,20,24)(H,22,25). The van der Waals surface area contributed by atoms with Crippen LogP contribution in [0.1, 0.15) is 31.7 Å². The maximum atomic E-state index is 12.5. The predicted octanol–water partition coefficient (Wildman–Crippen LogP) is 1.39. The zero-order valence-corrected chi connectivity index (χ0v) is 14.9. The van der Waals surface area contributed by atoms with Crippen LogP contribution in [-0.4, -0.2) is 44.2 Å². The number of rotatable bonds is 9. The van der Waals surface area contributed by atoms with Gasteiger partial charge in [0.1, 0.15) is 5.70 Å². The van der Waals surface area contributed by atoms with E-state index >= 15 is 0 Å². The summed E-state index contributed by atoms with van der Waals surface area (Å²) in [5.41, 5.74) is 3.29. The Morgan fingerprint density at radius 2 is 1.96 bits per heavy atom. The number of carbonyl (C=O) groups excluding carboxylic acids is 2. The fraction of sp³-hybridized carbons (Fsp3) is 0.421. The van der Waals surface area contributed by atoms with Gasteiger partial charge in [0.05, 0.1) is 12.3 Å². The van der Waals surface area contributed by atoms with Crippen LogP contribution in [0.25, 0.3) is 0 Å². The molecule has 0 spiro atoms. The van der Waals surface area contributed by atoms with E-state index in [-0.39, 0.29) is 18.4 Å². The zero-order valence-electron chi connectivity index (χ0n) is 14.9. The molecule has 134 valence electrons. The highest BCUT2D eigenvalue weighted by Crippen LogP contribution is 2.23. The van der Waals surface area contributed by atoms with E-state index in [1.54, 1.807) is 0 Å². The molecule has 1 heterocycles. The average molecular weight is 342 g/mol. The van der Waals surface area contributed by atoms with Crippen LogP contribution < -0.4 is 16.0 Å². The third kappa shape index (κ3) is 5.53. The topological polar surface area (TPSA) is 82.6 Å². The van der Waals surface area contributed by atoms with Crippen LogP contribution in [0.15, 0.2) is 46.6 Å². The Bertz CT molecular complexity index is 665. The highest BCUT2D eigenvalue weighted by atomic mass is 16.2. The molecule has 0 aliphatic carbocycles. The van der Waals surface area contributed by atoms with E-state index in [1.807, 2.05) is 30.3 Å². The number of amides is 2. The van der Waals surface area contributed by atoms with Crippen LogP contribution in [0.2, 0.25) is 0 Å². The van der Waals surface area contributed by atoms with Crippen molar-refractivity contribution in [2.24, 2.45) is 4.99 Å². The van der Waals surface area contributed by atoms with Crippen molar-refractivity contribution in [3.63, 3.8) is 0 Å². The summed E-state index contributed by atoms with van der Waals surface area (Å²) in [6, 6.07) is 9.86. The summed E-state index contributed by atoms with van der Waals surface area (Å²) in [6.07, 6.45) is 2.86. The molecule has 1 aliphatic rings. The second kappa shape index (κ2) is 9.74. The fourth-order valence-corrected chi connectivity index (χ4v) is 2.57. The SMILES string of the molecule is CCCCNCC1=C(C(=O)NCC(=O)NC)N=C(c2ccccc2)C1. The summed E-state index contributed by atoms with van der Waals surface area (Å²) in [6.45, 7) is 3.63. The molecule has 0 atom stereocenters. The van der Waals surface area contributed by atoms with E-state index in [4.69, 9.17) is 0 Å². The summed E-state index contributed by atoms with van der Waals surface area (Å²) in [7, 11) is 1.54. The third-order valence-corrected chi connectivity index (χ3v) is 4.02. The summed E-state index contributed by atoms with van der Waals surface area (Å²) in [5.74, 6) is -0.538. The fourth-order valence-electron chi connectivity index (χ4n) is 2.57. The van der Waals surface area contributed by atoms with Crippen LogP contribution in [-0.2, 0) is 9.59 Å². The van der Waals surface area contributed by atoms with Crippen molar-refractivity contribution in [2.45, 2.75) is 26.2 Å². The number of aliphatic imine (C=N–C) groups is 1. The number of hydrogen-bond donors (Lipinski definition) is 3. The molecule has 0 fully saturated rings. The Morgan fingerprint density at radius 3 is 2.64 bits per heavy atom. The van der Waals surface area contributed by atoms with Crippen LogP contribution in [0.4, 0.5) is 0 Å². The maximum absolute atomic E-state index is 12.5. The van der Waals surface area contributed by atoms with Gasteiger partial charge in [-0.25, -0.2) is 4.99 Å². The van der Waals surface area contributed by atoms with Gasteiger partial charge in [-0.2, -0.15) is 0 Å². The summed E-state index contributed by atoms with van der Waals surface area (Å²) in [4.78, 5) is 28.4. The van der Waals surface area contributed by atoms with Crippen molar-refractivity contribution in [2.75, 3.05) is 26.7 Å². The van der Waals surface area contributed by atoms with Gasteiger partial charge in [-0.05, 0) is 24.1 Å². The number of hydrogen-bond acceptors (Lipinski definition) is 4. The molecule has 0 radical (unpaired) electrons. The quantitative estimate of drug-likeness (QED) is 0.593. The molecular weight excluding hydrogens is 316 g/mol. The van der Waals surface area contributed by atoms with E-state index in [2.05, 4.69) is 27.9 Å². The van der Waals surface area contributed by atoms with Crippen LogP contribution in [0.3, 0.4) is 0 Å². The lowest BCUT2D eigenvalue weighted by Gasteiger charge is -2.08. The smallest absolute Gasteiger partial charge is 0.270 e. The average Bonchev–Trinajstić information content (AvgIpc) is 3.08. The summed E-state index contributed by atoms with van der Waals surface area (Å²) < 4.78 is 0. The minimum atomic E-state index is -0.304. The van der Waals surface area contributed by atoms with Crippen molar-refractivity contribution in [1.29, 1.82) is 0 Å². The predicted molar refractivity (Wildman–Crippen MR) is 99.5 cm³/mol. The molecule has 1 aromatic carbocycles. The highest BCUT2D eigenvalue weighted by Gasteiger charge is 2.24. The monoisotopic (exact) mass is 342 g/mol. The van der Waals surface area contributed by atoms with Gasteiger partial charge in [-0.15, -0.1) is 0 Å². The maximum Gasteiger partial charge on any atom is 0.270 e. The van der Waals surface area contributed by atoms with Gasteiger partial charge in [0.25, 0.3) is 5.91 Å². The first kappa shape index (κ1) is 18.9. The summed E-state index contributed by atoms with van der Waals surface area (Å²) in [5, 5.41) is 8.49. The highest BCUT2D eigenvalue weighted by molar-refractivity contribution is 6.10. The van der Waals surface area contributed by atoms with Crippen molar-refractivity contribution < 1.29 is 9.59 Å². The molecule has 0 aromatic heterocycles. The number of nitrogens with one attached hydrogen (secondary N) is 3. The van der Waals surface area contributed by atoms with Crippen molar-refractivity contribution in [3.05, 3.63) is 47.2 Å². The molecule has 1 aliphatic heterocycles. The van der Waals surface area contributed by atoms with Gasteiger partial charge in [0.15, 0.2) is 0 Å². The second-order valence-corrected chi connectivity index (χ2v) is 5.94. The van der Waals surface area contributed by atoms with Crippen LogP contribution in [0, 0.1) is 0 Å². The normalized spacial score (nSPS) is 13.6. The molecule has 1 aromatic rings. The number of unbranched alkanes of at least 4 members (excludes halogenated alkanes) is 1.